The van der Waals surface area contributed by atoms with Gasteiger partial charge < -0.3 is 26.8 Å². The molecule has 0 fully saturated rings. The Bertz CT molecular complexity index is 7080. The Labute approximate surface area is 578 Å². The van der Waals surface area contributed by atoms with E-state index in [1.54, 1.807) is 0 Å². The van der Waals surface area contributed by atoms with Gasteiger partial charge in [-0.15, -0.1) is 0 Å². The molecule has 0 bridgehead atoms. The lowest BCUT2D eigenvalue weighted by Gasteiger charge is -2.09. The second-order valence-electron chi connectivity index (χ2n) is 26.0. The van der Waals surface area contributed by atoms with Crippen LogP contribution in [0.1, 0.15) is 0 Å². The van der Waals surface area contributed by atoms with E-state index in [0.29, 0.717) is 51.7 Å². The summed E-state index contributed by atoms with van der Waals surface area (Å²) in [5.74, 6) is 3.24. The van der Waals surface area contributed by atoms with Gasteiger partial charge in [0.2, 0.25) is 0 Å². The van der Waals surface area contributed by atoms with Crippen LogP contribution in [0.15, 0.2) is 321 Å². The summed E-state index contributed by atoms with van der Waals surface area (Å²) in [4.78, 5) is 30.8. The van der Waals surface area contributed by atoms with E-state index < -0.39 is 0 Å². The van der Waals surface area contributed by atoms with Gasteiger partial charge in [0.05, 0.1) is 27.5 Å². The topological polar surface area (TPSA) is 140 Å². The van der Waals surface area contributed by atoms with E-state index in [1.165, 1.54) is 21.5 Å². The normalized spacial score (nSPS) is 12.1. The monoisotopic (exact) mass is 1310 g/mol. The first kappa shape index (κ1) is 56.0. The number of fused-ring (bicyclic) bond motifs is 20. The minimum atomic E-state index is 0.506. The zero-order valence-corrected chi connectivity index (χ0v) is 54.1. The molecule has 8 aromatic heterocycles. The number of para-hydroxylation sites is 4. The summed E-state index contributed by atoms with van der Waals surface area (Å²) in [6.45, 7) is 0. The van der Waals surface area contributed by atoms with Crippen LogP contribution in [0.3, 0.4) is 0 Å². The van der Waals surface area contributed by atoms with Crippen molar-refractivity contribution in [1.82, 2.24) is 39.0 Å². The Balaban J connectivity index is 0.673. The molecule has 0 unspecified atom stereocenters. The van der Waals surface area contributed by atoms with Crippen molar-refractivity contribution in [2.24, 2.45) is 0 Å². The van der Waals surface area contributed by atoms with Gasteiger partial charge in [-0.25, -0.2) is 29.9 Å². The molecule has 0 atom stereocenters. The first-order chi connectivity index (χ1) is 50.5. The third-order valence-corrected chi connectivity index (χ3v) is 20.2. The number of hydrogen-bond acceptors (Lipinski definition) is 10. The van der Waals surface area contributed by atoms with E-state index in [0.717, 1.165) is 149 Å². The third kappa shape index (κ3) is 8.56. The van der Waals surface area contributed by atoms with Gasteiger partial charge in [0.1, 0.15) is 44.7 Å². The molecule has 474 valence electrons. The highest BCUT2D eigenvalue weighted by Gasteiger charge is 2.26. The molecule has 0 saturated carbocycles. The number of aromatic nitrogens is 8. The van der Waals surface area contributed by atoms with Crippen molar-refractivity contribution in [3.63, 3.8) is 0 Å². The van der Waals surface area contributed by atoms with Gasteiger partial charge >= 0.3 is 0 Å². The standard InChI is InChI=1S/C90H50N8O4/c1-4-18-52(19-5-1)85-91-86(53-20-6-2-7-21-53)94-90(93-85)57-37-41-68-76(47-57)102-84-69(50-79-80(82(68)84)66-42-38-58(48-77(66)100-79)97-70-28-14-10-24-60(70)61-25-11-15-29-71(61)97)51-32-34-55(35-33-51)88-92-87(54-22-8-3-9-23-54)95-89(96-88)56-36-40-64-65-44-45-74-81(83(65)101-75(64)46-56)67-43-39-59(49-78(67)99-74)98-72-30-16-12-26-62(72)63-27-13-17-31-73(63)98/h1-50H. The summed E-state index contributed by atoms with van der Waals surface area (Å²) < 4.78 is 32.6. The zero-order valence-electron chi connectivity index (χ0n) is 54.1. The number of benzene rings is 14. The van der Waals surface area contributed by atoms with Crippen molar-refractivity contribution in [2.45, 2.75) is 0 Å². The van der Waals surface area contributed by atoms with Gasteiger partial charge in [-0.3, -0.25) is 0 Å². The second-order valence-corrected chi connectivity index (χ2v) is 26.0. The fourth-order valence-electron chi connectivity index (χ4n) is 15.5. The molecule has 12 nitrogen and oxygen atoms in total. The predicted octanol–water partition coefficient (Wildman–Crippen LogP) is 23.5. The number of hydrogen-bond donors (Lipinski definition) is 0. The van der Waals surface area contributed by atoms with E-state index >= 15 is 0 Å². The lowest BCUT2D eigenvalue weighted by Crippen LogP contribution is -2.00. The van der Waals surface area contributed by atoms with E-state index in [2.05, 4.69) is 203 Å². The molecular formula is C90H50N8O4. The number of rotatable bonds is 9. The fourth-order valence-corrected chi connectivity index (χ4v) is 15.5. The highest BCUT2D eigenvalue weighted by atomic mass is 16.3. The van der Waals surface area contributed by atoms with Crippen molar-refractivity contribution in [2.75, 3.05) is 0 Å². The SMILES string of the molecule is c1ccc(-c2nc(-c3ccc(-c4cc5oc6cc(-n7c8ccccc8c8ccccc87)ccc6c5c5c4oc4cc(-c6nc(-c7ccccc7)nc(-c7ccccc7)n6)ccc45)cc3)nc(-c3ccc4c(c3)oc3c4ccc4oc5cc(-n6c7ccccc7c7ccccc76)ccc5c43)n2)cc1. The van der Waals surface area contributed by atoms with Gasteiger partial charge in [0.25, 0.3) is 0 Å². The maximum Gasteiger partial charge on any atom is 0.164 e. The van der Waals surface area contributed by atoms with Gasteiger partial charge in [-0.1, -0.05) is 200 Å². The number of furan rings is 4. The quantitative estimate of drug-likeness (QED) is 0.137. The molecular weight excluding hydrogens is 1260 g/mol. The maximum absolute atomic E-state index is 7.24. The number of nitrogens with zero attached hydrogens (tertiary/aromatic N) is 8. The summed E-state index contributed by atoms with van der Waals surface area (Å²) in [6, 6.07) is 104. The molecule has 0 aliphatic carbocycles. The van der Waals surface area contributed by atoms with E-state index in [9.17, 15) is 0 Å². The summed E-state index contributed by atoms with van der Waals surface area (Å²) in [6.07, 6.45) is 0. The predicted molar refractivity (Wildman–Crippen MR) is 409 cm³/mol. The molecule has 12 heteroatoms. The minimum Gasteiger partial charge on any atom is -0.456 e. The van der Waals surface area contributed by atoms with Crippen LogP contribution in [0.4, 0.5) is 0 Å². The molecule has 0 radical (unpaired) electrons. The lowest BCUT2D eigenvalue weighted by atomic mass is 9.97. The minimum absolute atomic E-state index is 0.506. The van der Waals surface area contributed by atoms with E-state index in [-0.39, 0.29) is 0 Å². The molecule has 102 heavy (non-hydrogen) atoms. The Morgan fingerprint density at radius 3 is 1.03 bits per heavy atom. The van der Waals surface area contributed by atoms with Crippen LogP contribution in [-0.4, -0.2) is 39.0 Å². The molecule has 0 aliphatic rings. The van der Waals surface area contributed by atoms with Crippen LogP contribution in [0, 0.1) is 0 Å². The van der Waals surface area contributed by atoms with Crippen LogP contribution in [0.5, 0.6) is 0 Å². The summed E-state index contributed by atoms with van der Waals surface area (Å²) >= 11 is 0. The summed E-state index contributed by atoms with van der Waals surface area (Å²) in [7, 11) is 0. The van der Waals surface area contributed by atoms with Crippen LogP contribution < -0.4 is 0 Å². The largest absolute Gasteiger partial charge is 0.456 e. The molecule has 0 N–H and O–H groups in total. The molecule has 8 heterocycles. The smallest absolute Gasteiger partial charge is 0.164 e. The van der Waals surface area contributed by atoms with Crippen molar-refractivity contribution < 1.29 is 17.7 Å². The summed E-state index contributed by atoms with van der Waals surface area (Å²) in [5.41, 5.74) is 19.2. The van der Waals surface area contributed by atoms with Crippen molar-refractivity contribution in [3.8, 4) is 90.8 Å². The first-order valence-corrected chi connectivity index (χ1v) is 34.0. The van der Waals surface area contributed by atoms with Gasteiger partial charge in [-0.05, 0) is 96.6 Å². The Morgan fingerprint density at radius 1 is 0.196 bits per heavy atom. The molecule has 22 aromatic rings. The summed E-state index contributed by atoms with van der Waals surface area (Å²) in [5, 5.41) is 12.4. The molecule has 14 aromatic carbocycles. The van der Waals surface area contributed by atoms with Crippen molar-refractivity contribution in [3.05, 3.63) is 303 Å². The van der Waals surface area contributed by atoms with Crippen LogP contribution >= 0.6 is 0 Å². The molecule has 0 saturated heterocycles. The van der Waals surface area contributed by atoms with Crippen LogP contribution in [-0.2, 0) is 0 Å². The molecule has 22 rings (SSSR count). The van der Waals surface area contributed by atoms with Crippen LogP contribution in [0.25, 0.3) is 222 Å². The highest BCUT2D eigenvalue weighted by Crippen LogP contribution is 2.48. The molecule has 0 aliphatic heterocycles. The maximum atomic E-state index is 7.24. The van der Waals surface area contributed by atoms with Gasteiger partial charge in [-0.2, -0.15) is 0 Å². The third-order valence-electron chi connectivity index (χ3n) is 20.2. The van der Waals surface area contributed by atoms with Crippen molar-refractivity contribution >= 4 is 131 Å². The Hall–Kier alpha value is -14.1. The first-order valence-electron chi connectivity index (χ1n) is 34.0. The van der Waals surface area contributed by atoms with Gasteiger partial charge in [0.15, 0.2) is 34.9 Å². The Kier molecular flexibility index (Phi) is 11.9. The van der Waals surface area contributed by atoms with Crippen LogP contribution in [0.2, 0.25) is 0 Å². The van der Waals surface area contributed by atoms with E-state index in [1.807, 2.05) is 109 Å². The lowest BCUT2D eigenvalue weighted by molar-refractivity contribution is 0.662. The average Bonchev–Trinajstić information content (AvgIpc) is 1.56. The molecule has 0 spiro atoms. The average molecular weight is 1310 g/mol. The highest BCUT2D eigenvalue weighted by molar-refractivity contribution is 6.29. The van der Waals surface area contributed by atoms with E-state index in [4.69, 9.17) is 47.6 Å². The van der Waals surface area contributed by atoms with Gasteiger partial charge in [0, 0.05) is 122 Å². The fraction of sp³-hybridized carbons (Fsp3) is 0. The second kappa shape index (κ2) is 21.7. The zero-order chi connectivity index (χ0) is 66.7. The molecule has 0 amide bonds. The van der Waals surface area contributed by atoms with Crippen molar-refractivity contribution in [1.29, 1.82) is 0 Å². The Morgan fingerprint density at radius 2 is 0.539 bits per heavy atom.